The van der Waals surface area contributed by atoms with Gasteiger partial charge in [-0.25, -0.2) is 0 Å². The molecule has 0 aliphatic rings. The van der Waals surface area contributed by atoms with Crippen LogP contribution < -0.4 is 5.32 Å². The molecule has 0 saturated heterocycles. The molecule has 1 atom stereocenters. The Bertz CT molecular complexity index is 341. The SMILES string of the molecule is Cc1ccc(Br)c(NC(C)C#N)c1. The third kappa shape index (κ3) is 2.74. The van der Waals surface area contributed by atoms with Gasteiger partial charge in [-0.15, -0.1) is 0 Å². The van der Waals surface area contributed by atoms with E-state index in [1.807, 2.05) is 32.0 Å². The lowest BCUT2D eigenvalue weighted by Crippen LogP contribution is -2.12. The molecule has 0 aromatic heterocycles. The summed E-state index contributed by atoms with van der Waals surface area (Å²) in [6.07, 6.45) is 0. The molecule has 0 amide bonds. The molecule has 0 aliphatic heterocycles. The van der Waals surface area contributed by atoms with Crippen molar-refractivity contribution in [3.8, 4) is 6.07 Å². The fraction of sp³-hybridized carbons (Fsp3) is 0.300. The van der Waals surface area contributed by atoms with Crippen LogP contribution in [0.1, 0.15) is 12.5 Å². The second-order valence-corrected chi connectivity index (χ2v) is 3.83. The smallest absolute Gasteiger partial charge is 0.111 e. The summed E-state index contributed by atoms with van der Waals surface area (Å²) in [5.74, 6) is 0. The van der Waals surface area contributed by atoms with Gasteiger partial charge in [-0.05, 0) is 47.5 Å². The molecule has 0 spiro atoms. The largest absolute Gasteiger partial charge is 0.369 e. The fourth-order valence-electron chi connectivity index (χ4n) is 1.02. The molecule has 0 heterocycles. The number of nitriles is 1. The summed E-state index contributed by atoms with van der Waals surface area (Å²) in [5.41, 5.74) is 2.14. The van der Waals surface area contributed by atoms with Crippen molar-refractivity contribution in [2.45, 2.75) is 19.9 Å². The highest BCUT2D eigenvalue weighted by atomic mass is 79.9. The summed E-state index contributed by atoms with van der Waals surface area (Å²) >= 11 is 3.42. The fourth-order valence-corrected chi connectivity index (χ4v) is 1.38. The van der Waals surface area contributed by atoms with Crippen LogP contribution in [-0.2, 0) is 0 Å². The minimum absolute atomic E-state index is 0.168. The van der Waals surface area contributed by atoms with Crippen LogP contribution in [0.3, 0.4) is 0 Å². The molecule has 13 heavy (non-hydrogen) atoms. The Morgan fingerprint density at radius 3 is 2.85 bits per heavy atom. The normalized spacial score (nSPS) is 11.8. The van der Waals surface area contributed by atoms with E-state index in [2.05, 4.69) is 27.3 Å². The van der Waals surface area contributed by atoms with E-state index in [-0.39, 0.29) is 6.04 Å². The maximum Gasteiger partial charge on any atom is 0.111 e. The number of rotatable bonds is 2. The quantitative estimate of drug-likeness (QED) is 0.860. The van der Waals surface area contributed by atoms with Crippen LogP contribution in [0.2, 0.25) is 0 Å². The van der Waals surface area contributed by atoms with E-state index in [9.17, 15) is 0 Å². The van der Waals surface area contributed by atoms with Crippen LogP contribution in [0, 0.1) is 18.3 Å². The van der Waals surface area contributed by atoms with Crippen molar-refractivity contribution in [3.05, 3.63) is 28.2 Å². The van der Waals surface area contributed by atoms with Gasteiger partial charge in [0.1, 0.15) is 6.04 Å². The highest BCUT2D eigenvalue weighted by Crippen LogP contribution is 2.23. The van der Waals surface area contributed by atoms with Crippen molar-refractivity contribution in [1.82, 2.24) is 0 Å². The molecule has 0 aliphatic carbocycles. The Morgan fingerprint density at radius 1 is 1.54 bits per heavy atom. The minimum Gasteiger partial charge on any atom is -0.369 e. The second kappa shape index (κ2) is 4.29. The molecule has 0 radical (unpaired) electrons. The first-order chi connectivity index (χ1) is 6.13. The van der Waals surface area contributed by atoms with Crippen molar-refractivity contribution >= 4 is 21.6 Å². The van der Waals surface area contributed by atoms with E-state index in [0.29, 0.717) is 0 Å². The van der Waals surface area contributed by atoms with Crippen molar-refractivity contribution in [2.75, 3.05) is 5.32 Å². The summed E-state index contributed by atoms with van der Waals surface area (Å²) in [6.45, 7) is 3.85. The van der Waals surface area contributed by atoms with Crippen LogP contribution in [0.5, 0.6) is 0 Å². The number of benzene rings is 1. The number of aryl methyl sites for hydroxylation is 1. The first kappa shape index (κ1) is 10.1. The highest BCUT2D eigenvalue weighted by Gasteiger charge is 2.03. The number of halogens is 1. The summed E-state index contributed by atoms with van der Waals surface area (Å²) in [6, 6.07) is 7.97. The predicted molar refractivity (Wildman–Crippen MR) is 57.6 cm³/mol. The Hall–Kier alpha value is -1.01. The number of anilines is 1. The zero-order chi connectivity index (χ0) is 9.84. The maximum absolute atomic E-state index is 8.63. The lowest BCUT2D eigenvalue weighted by molar-refractivity contribution is 1.01. The summed E-state index contributed by atoms with van der Waals surface area (Å²) in [7, 11) is 0. The molecule has 3 heteroatoms. The van der Waals surface area contributed by atoms with E-state index >= 15 is 0 Å². The molecular weight excluding hydrogens is 228 g/mol. The number of hydrogen-bond acceptors (Lipinski definition) is 2. The third-order valence-corrected chi connectivity index (χ3v) is 2.38. The molecule has 1 aromatic rings. The molecular formula is C10H11BrN2. The lowest BCUT2D eigenvalue weighted by atomic mass is 10.2. The van der Waals surface area contributed by atoms with Crippen molar-refractivity contribution in [2.24, 2.45) is 0 Å². The molecule has 2 nitrogen and oxygen atoms in total. The van der Waals surface area contributed by atoms with Gasteiger partial charge in [-0.2, -0.15) is 5.26 Å². The maximum atomic E-state index is 8.63. The van der Waals surface area contributed by atoms with Gasteiger partial charge in [0.25, 0.3) is 0 Å². The Labute approximate surface area is 86.7 Å². The van der Waals surface area contributed by atoms with Gasteiger partial charge in [0.05, 0.1) is 6.07 Å². The topological polar surface area (TPSA) is 35.8 Å². The third-order valence-electron chi connectivity index (χ3n) is 1.69. The first-order valence-electron chi connectivity index (χ1n) is 4.06. The number of hydrogen-bond donors (Lipinski definition) is 1. The zero-order valence-corrected chi connectivity index (χ0v) is 9.22. The summed E-state index contributed by atoms with van der Waals surface area (Å²) < 4.78 is 0.986. The van der Waals surface area contributed by atoms with Crippen LogP contribution in [0.25, 0.3) is 0 Å². The monoisotopic (exact) mass is 238 g/mol. The van der Waals surface area contributed by atoms with E-state index in [0.717, 1.165) is 10.2 Å². The van der Waals surface area contributed by atoms with Gasteiger partial charge in [0.2, 0.25) is 0 Å². The first-order valence-corrected chi connectivity index (χ1v) is 4.85. The van der Waals surface area contributed by atoms with Crippen molar-refractivity contribution in [3.63, 3.8) is 0 Å². The average Bonchev–Trinajstić information content (AvgIpc) is 2.11. The molecule has 1 aromatic carbocycles. The molecule has 1 N–H and O–H groups in total. The lowest BCUT2D eigenvalue weighted by Gasteiger charge is -2.10. The summed E-state index contributed by atoms with van der Waals surface area (Å²) in [5, 5.41) is 11.7. The van der Waals surface area contributed by atoms with Gasteiger partial charge in [0, 0.05) is 10.2 Å². The Balaban J connectivity index is 2.88. The molecule has 0 saturated carbocycles. The number of nitrogens with zero attached hydrogens (tertiary/aromatic N) is 1. The van der Waals surface area contributed by atoms with Crippen LogP contribution in [0.15, 0.2) is 22.7 Å². The van der Waals surface area contributed by atoms with Crippen LogP contribution >= 0.6 is 15.9 Å². The van der Waals surface area contributed by atoms with E-state index < -0.39 is 0 Å². The van der Waals surface area contributed by atoms with Crippen molar-refractivity contribution < 1.29 is 0 Å². The molecule has 1 rings (SSSR count). The van der Waals surface area contributed by atoms with Crippen molar-refractivity contribution in [1.29, 1.82) is 5.26 Å². The Morgan fingerprint density at radius 2 is 2.23 bits per heavy atom. The van der Waals surface area contributed by atoms with E-state index in [4.69, 9.17) is 5.26 Å². The molecule has 0 fully saturated rings. The standard InChI is InChI=1S/C10H11BrN2/c1-7-3-4-9(11)10(5-7)13-8(2)6-12/h3-5,8,13H,1-2H3. The molecule has 1 unspecified atom stereocenters. The van der Waals surface area contributed by atoms with Gasteiger partial charge < -0.3 is 5.32 Å². The minimum atomic E-state index is -0.168. The van der Waals surface area contributed by atoms with E-state index in [1.165, 1.54) is 5.56 Å². The average molecular weight is 239 g/mol. The van der Waals surface area contributed by atoms with E-state index in [1.54, 1.807) is 0 Å². The van der Waals surface area contributed by atoms with Crippen LogP contribution in [0.4, 0.5) is 5.69 Å². The zero-order valence-electron chi connectivity index (χ0n) is 7.63. The van der Waals surface area contributed by atoms with Gasteiger partial charge in [-0.3, -0.25) is 0 Å². The Kier molecular flexibility index (Phi) is 3.32. The number of nitrogens with one attached hydrogen (secondary N) is 1. The van der Waals surface area contributed by atoms with Gasteiger partial charge in [0.15, 0.2) is 0 Å². The summed E-state index contributed by atoms with van der Waals surface area (Å²) in [4.78, 5) is 0. The highest BCUT2D eigenvalue weighted by molar-refractivity contribution is 9.10. The molecule has 0 bridgehead atoms. The molecule has 68 valence electrons. The van der Waals surface area contributed by atoms with Gasteiger partial charge >= 0.3 is 0 Å². The van der Waals surface area contributed by atoms with Crippen LogP contribution in [-0.4, -0.2) is 6.04 Å². The van der Waals surface area contributed by atoms with Gasteiger partial charge in [-0.1, -0.05) is 6.07 Å². The second-order valence-electron chi connectivity index (χ2n) is 2.98. The predicted octanol–water partition coefficient (Wildman–Crippen LogP) is 3.08.